The van der Waals surface area contributed by atoms with E-state index < -0.39 is 174 Å². The number of H-pyrrole nitrogens is 1. The number of carbonyl (C=O) groups excluding carboxylic acids is 12. The lowest BCUT2D eigenvalue weighted by molar-refractivity contribution is -0.143. The standard InChI is InChI=1S/C63H97N17O17/c1-12-15-18-48(83)72-46(29-49(84)85)58(92)79-51(34(8)14-3)60(94)70-35(9)61(95)80(24-13-2)37(11)52(86)74-45(28-47(64)82)56(90)75-42(25-32(4)5)57(91)78-50(33(6)7)59(93)73-41(17-16-23-68-63(65)66)53(87)77-44(27-39-30-67-31-69-39)55(89)76-43(54(88)71-36(10)62(96)97)26-38-19-21-40(81)22-20-38/h12-13,19-22,30-37,41-46,50-51,81H,1-2,14-18,23-29H2,3-11H3,(H2,64,82)(H,67,69)(H,70,94)(H,71,88)(H,72,83)(H,73,93)(H,74,86)(H,75,90)(H,76,89)(H,77,87)(H,78,91)(H,79,92)(H,84,85)(H,96,97)(H4,65,66,68)/t34-,35-,36-,37-,41-,42-,43-,44-,45-,46-,50-,51-/m0/s1. The molecule has 34 heteroatoms. The van der Waals surface area contributed by atoms with E-state index >= 15 is 0 Å². The SMILES string of the molecule is C=CCCC(=O)N[C@@H](CC(=O)O)C(=O)N[C@H](C(=O)N[C@@H](C)C(=O)N(CC=C)[C@@H](C)C(=O)N[C@@H](CC(N)=O)C(=O)N[C@@H](CC(C)C)C(=O)N[C@H](C(=O)N[C@@H](CCCN=C(N)N)C(=O)N[C@@H](Cc1cnc[nH]1)C(=O)N[C@@H](Cc1ccc(O)cc1)C(=O)N[C@@H](C)C(=O)O)C(C)C)[C@@H](C)CC. The third-order valence-corrected chi connectivity index (χ3v) is 15.1. The lowest BCUT2D eigenvalue weighted by Crippen LogP contribution is -2.62. The van der Waals surface area contributed by atoms with Gasteiger partial charge < -0.3 is 95.6 Å². The van der Waals surface area contributed by atoms with Crippen molar-refractivity contribution in [3.05, 3.63) is 73.4 Å². The number of imidazole rings is 1. The number of phenols is 1. The largest absolute Gasteiger partial charge is 0.508 e. The van der Waals surface area contributed by atoms with Gasteiger partial charge in [-0.05, 0) is 81.9 Å². The van der Waals surface area contributed by atoms with E-state index in [1.54, 1.807) is 41.5 Å². The molecule has 2 aromatic rings. The molecule has 536 valence electrons. The smallest absolute Gasteiger partial charge is 0.325 e. The number of rotatable bonds is 44. The van der Waals surface area contributed by atoms with E-state index in [0.717, 1.165) is 4.90 Å². The number of hydrogen-bond donors (Lipinski definition) is 17. The van der Waals surface area contributed by atoms with Crippen molar-refractivity contribution in [3.8, 4) is 5.75 Å². The maximum Gasteiger partial charge on any atom is 0.325 e. The van der Waals surface area contributed by atoms with Crippen LogP contribution in [-0.4, -0.2) is 199 Å². The highest BCUT2D eigenvalue weighted by atomic mass is 16.4. The normalized spacial score (nSPS) is 14.7. The number of carbonyl (C=O) groups is 14. The van der Waals surface area contributed by atoms with Crippen molar-refractivity contribution in [1.29, 1.82) is 0 Å². The summed E-state index contributed by atoms with van der Waals surface area (Å²) >= 11 is 0. The van der Waals surface area contributed by atoms with E-state index in [-0.39, 0.29) is 75.7 Å². The molecular formula is C63H97N17O17. The minimum atomic E-state index is -1.78. The average molecular weight is 1360 g/mol. The summed E-state index contributed by atoms with van der Waals surface area (Å²) in [4.78, 5) is 201. The van der Waals surface area contributed by atoms with E-state index in [1.165, 1.54) is 69.7 Å². The molecule has 12 atom stereocenters. The van der Waals surface area contributed by atoms with Gasteiger partial charge in [0.05, 0.1) is 19.2 Å². The first-order valence-electron chi connectivity index (χ1n) is 31.6. The van der Waals surface area contributed by atoms with Crippen molar-refractivity contribution in [3.63, 3.8) is 0 Å². The molecule has 1 aromatic heterocycles. The van der Waals surface area contributed by atoms with Crippen LogP contribution in [0.2, 0.25) is 0 Å². The highest BCUT2D eigenvalue weighted by Crippen LogP contribution is 2.16. The first-order chi connectivity index (χ1) is 45.5. The third-order valence-electron chi connectivity index (χ3n) is 15.1. The van der Waals surface area contributed by atoms with Crippen molar-refractivity contribution < 1.29 is 82.4 Å². The number of phenolic OH excluding ortho intramolecular Hbond substituents is 1. The number of hydrogen-bond acceptors (Lipinski definition) is 17. The zero-order chi connectivity index (χ0) is 73.4. The van der Waals surface area contributed by atoms with Crippen LogP contribution in [0.5, 0.6) is 5.75 Å². The monoisotopic (exact) mass is 1360 g/mol. The first-order valence-corrected chi connectivity index (χ1v) is 31.6. The number of allylic oxidation sites excluding steroid dienone is 1. The summed E-state index contributed by atoms with van der Waals surface area (Å²) in [5.74, 6) is -16.0. The number of carboxylic acids is 2. The molecule has 0 saturated carbocycles. The fraction of sp³-hybridized carbons (Fsp3) is 0.556. The van der Waals surface area contributed by atoms with Crippen LogP contribution in [-0.2, 0) is 80.0 Å². The van der Waals surface area contributed by atoms with Crippen LogP contribution in [0, 0.1) is 17.8 Å². The average Bonchev–Trinajstić information content (AvgIpc) is 1.03. The van der Waals surface area contributed by atoms with E-state index in [4.69, 9.17) is 17.2 Å². The number of nitrogens with zero attached hydrogens (tertiary/aromatic N) is 3. The molecule has 1 aromatic carbocycles. The topological polar surface area (TPSA) is 542 Å². The zero-order valence-corrected chi connectivity index (χ0v) is 56.2. The Kier molecular flexibility index (Phi) is 35.3. The molecule has 1 heterocycles. The Morgan fingerprint density at radius 2 is 1.12 bits per heavy atom. The molecule has 2 rings (SSSR count). The van der Waals surface area contributed by atoms with Gasteiger partial charge in [-0.25, -0.2) is 4.98 Å². The number of primary amides is 1. The van der Waals surface area contributed by atoms with Gasteiger partial charge >= 0.3 is 11.9 Å². The van der Waals surface area contributed by atoms with E-state index in [0.29, 0.717) is 17.7 Å². The van der Waals surface area contributed by atoms with E-state index in [9.17, 15) is 82.4 Å². The summed E-state index contributed by atoms with van der Waals surface area (Å²) in [7, 11) is 0. The highest BCUT2D eigenvalue weighted by molar-refractivity contribution is 6.00. The molecule has 97 heavy (non-hydrogen) atoms. The molecule has 20 N–H and O–H groups in total. The van der Waals surface area contributed by atoms with E-state index in [1.807, 2.05) is 0 Å². The molecular weight excluding hydrogens is 1270 g/mol. The number of nitrogens with two attached hydrogens (primary N) is 3. The summed E-state index contributed by atoms with van der Waals surface area (Å²) in [6.45, 7) is 20.5. The van der Waals surface area contributed by atoms with E-state index in [2.05, 4.69) is 81.3 Å². The summed E-state index contributed by atoms with van der Waals surface area (Å²) < 4.78 is 0. The number of nitrogens with one attached hydrogen (secondary N) is 11. The predicted octanol–water partition coefficient (Wildman–Crippen LogP) is -2.61. The van der Waals surface area contributed by atoms with Crippen molar-refractivity contribution in [1.82, 2.24) is 68.0 Å². The van der Waals surface area contributed by atoms with Gasteiger partial charge in [-0.1, -0.05) is 72.2 Å². The molecule has 0 bridgehead atoms. The second-order valence-corrected chi connectivity index (χ2v) is 24.1. The van der Waals surface area contributed by atoms with Crippen molar-refractivity contribution in [2.75, 3.05) is 13.1 Å². The molecule has 0 spiro atoms. The molecule has 34 nitrogen and oxygen atoms in total. The van der Waals surface area contributed by atoms with Gasteiger partial charge in [-0.3, -0.25) is 72.1 Å². The van der Waals surface area contributed by atoms with Gasteiger partial charge in [-0.2, -0.15) is 0 Å². The molecule has 0 aliphatic rings. The fourth-order valence-electron chi connectivity index (χ4n) is 9.50. The molecule has 0 aliphatic carbocycles. The highest BCUT2D eigenvalue weighted by Gasteiger charge is 2.39. The van der Waals surface area contributed by atoms with Gasteiger partial charge in [0.25, 0.3) is 0 Å². The summed E-state index contributed by atoms with van der Waals surface area (Å²) in [6, 6.07) is -10.7. The quantitative estimate of drug-likeness (QED) is 0.0140. The maximum atomic E-state index is 14.5. The minimum absolute atomic E-state index is 0.0316. The Morgan fingerprint density at radius 3 is 1.66 bits per heavy atom. The molecule has 0 aliphatic heterocycles. The van der Waals surface area contributed by atoms with Crippen molar-refractivity contribution >= 4 is 88.8 Å². The summed E-state index contributed by atoms with van der Waals surface area (Å²) in [5.41, 5.74) is 17.5. The Balaban J connectivity index is 2.46. The second kappa shape index (κ2) is 41.4. The van der Waals surface area contributed by atoms with Crippen LogP contribution in [0.25, 0.3) is 0 Å². The molecule has 0 unspecified atom stereocenters. The summed E-state index contributed by atoms with van der Waals surface area (Å²) in [5, 5.41) is 54.0. The number of amides is 12. The number of aromatic amines is 1. The summed E-state index contributed by atoms with van der Waals surface area (Å²) in [6.07, 6.45) is 3.56. The van der Waals surface area contributed by atoms with Gasteiger partial charge in [0.2, 0.25) is 70.9 Å². The number of carboxylic acid groups (broad SMARTS) is 2. The van der Waals surface area contributed by atoms with Crippen LogP contribution in [0.15, 0.2) is 67.1 Å². The zero-order valence-electron chi connectivity index (χ0n) is 56.2. The predicted molar refractivity (Wildman–Crippen MR) is 353 cm³/mol. The number of aliphatic carboxylic acids is 2. The second-order valence-electron chi connectivity index (χ2n) is 24.1. The van der Waals surface area contributed by atoms with Gasteiger partial charge in [0.1, 0.15) is 72.2 Å². The maximum absolute atomic E-state index is 14.5. The Labute approximate surface area is 562 Å². The number of aromatic nitrogens is 2. The number of benzene rings is 1. The van der Waals surface area contributed by atoms with Crippen molar-refractivity contribution in [2.24, 2.45) is 39.9 Å². The molecule has 0 saturated heterocycles. The molecule has 12 amide bonds. The van der Waals surface area contributed by atoms with Gasteiger partial charge in [-0.15, -0.1) is 13.2 Å². The first kappa shape index (κ1) is 82.7. The number of guanidine groups is 1. The third kappa shape index (κ3) is 29.4. The number of aromatic hydroxyl groups is 1. The van der Waals surface area contributed by atoms with Crippen LogP contribution >= 0.6 is 0 Å². The van der Waals surface area contributed by atoms with Gasteiger partial charge in [0.15, 0.2) is 5.96 Å². The molecule has 0 radical (unpaired) electrons. The van der Waals surface area contributed by atoms with Crippen LogP contribution < -0.4 is 70.4 Å². The van der Waals surface area contributed by atoms with Gasteiger partial charge in [0, 0.05) is 44.2 Å². The van der Waals surface area contributed by atoms with Crippen molar-refractivity contribution in [2.45, 2.75) is 193 Å². The number of aliphatic imine (C=N–C) groups is 1. The fourth-order valence-corrected chi connectivity index (χ4v) is 9.50. The van der Waals surface area contributed by atoms with Crippen LogP contribution in [0.3, 0.4) is 0 Å². The minimum Gasteiger partial charge on any atom is -0.508 e. The Hall–Kier alpha value is -10.4. The Bertz CT molecular complexity index is 3100. The molecule has 0 fully saturated rings. The lowest BCUT2D eigenvalue weighted by Gasteiger charge is -2.32. The van der Waals surface area contributed by atoms with Crippen LogP contribution in [0.4, 0.5) is 0 Å². The Morgan fingerprint density at radius 1 is 0.608 bits per heavy atom. The lowest BCUT2D eigenvalue weighted by atomic mass is 9.97. The van der Waals surface area contributed by atoms with Crippen LogP contribution in [0.1, 0.15) is 125 Å².